The van der Waals surface area contributed by atoms with Crippen molar-refractivity contribution in [2.45, 2.75) is 177 Å². The molecule has 11 heteroatoms. The lowest BCUT2D eigenvalue weighted by molar-refractivity contribution is -0.117. The molecule has 1 N–H and O–H groups in total. The molecule has 1 amide bonds. The molecule has 50 heavy (non-hydrogen) atoms. The van der Waals surface area contributed by atoms with Crippen LogP contribution in [-0.2, 0) is 18.6 Å². The molecule has 2 heterocycles. The Hall–Kier alpha value is -1.89. The highest BCUT2D eigenvalue weighted by molar-refractivity contribution is 7.44. The zero-order chi connectivity index (χ0) is 37.2. The third kappa shape index (κ3) is 16.2. The number of hydrogen-bond donors (Lipinski definition) is 1. The van der Waals surface area contributed by atoms with Gasteiger partial charge in [0.25, 0.3) is 8.53 Å². The second-order valence-electron chi connectivity index (χ2n) is 15.7. The first-order valence-electron chi connectivity index (χ1n) is 19.5. The topological polar surface area (TPSA) is 99.3 Å². The number of carbonyl (C=O) groups is 1. The van der Waals surface area contributed by atoms with E-state index < -0.39 is 20.4 Å². The third-order valence-corrected chi connectivity index (χ3v) is 11.8. The number of rotatable bonds is 25. The van der Waals surface area contributed by atoms with Crippen LogP contribution >= 0.6 is 8.53 Å². The van der Waals surface area contributed by atoms with Crippen molar-refractivity contribution in [3.05, 3.63) is 34.2 Å². The molecule has 286 valence electrons. The van der Waals surface area contributed by atoms with Crippen LogP contribution in [0.15, 0.2) is 17.1 Å². The number of ether oxygens (including phenoxy) is 1. The Bertz CT molecular complexity index is 1200. The number of nitrogens with zero attached hydrogens (tertiary/aromatic N) is 4. The van der Waals surface area contributed by atoms with E-state index in [2.05, 4.69) is 82.1 Å². The van der Waals surface area contributed by atoms with E-state index in [1.54, 1.807) is 12.3 Å². The summed E-state index contributed by atoms with van der Waals surface area (Å²) in [6.45, 7) is 29.7. The molecule has 1 aromatic rings. The lowest BCUT2D eigenvalue weighted by Gasteiger charge is -2.37. The van der Waals surface area contributed by atoms with Crippen molar-refractivity contribution < 1.29 is 18.6 Å². The van der Waals surface area contributed by atoms with Gasteiger partial charge in [0.2, 0.25) is 12.5 Å². The largest absolute Gasteiger partial charge is 0.352 e. The van der Waals surface area contributed by atoms with Gasteiger partial charge in [-0.2, -0.15) is 4.98 Å². The summed E-state index contributed by atoms with van der Waals surface area (Å²) in [5.41, 5.74) is -0.475. The summed E-state index contributed by atoms with van der Waals surface area (Å²) < 4.78 is 22.7. The van der Waals surface area contributed by atoms with Crippen LogP contribution < -0.4 is 11.0 Å². The monoisotopic (exact) mass is 720 g/mol. The first-order valence-corrected chi connectivity index (χ1v) is 20.6. The maximum Gasteiger partial charge on any atom is 0.351 e. The van der Waals surface area contributed by atoms with Crippen molar-refractivity contribution >= 4 is 20.3 Å². The van der Waals surface area contributed by atoms with Gasteiger partial charge in [-0.15, -0.1) is 0 Å². The molecule has 2 rings (SSSR count). The third-order valence-electron chi connectivity index (χ3n) is 9.67. The van der Waals surface area contributed by atoms with Gasteiger partial charge in [-0.3, -0.25) is 9.36 Å². The molecule has 1 saturated heterocycles. The molecule has 1 fully saturated rings. The molecule has 0 radical (unpaired) electrons. The van der Waals surface area contributed by atoms with Gasteiger partial charge in [-0.1, -0.05) is 99.3 Å². The molecule has 1 aliphatic heterocycles. The van der Waals surface area contributed by atoms with Gasteiger partial charge in [0.1, 0.15) is 18.7 Å². The number of anilines is 1. The quantitative estimate of drug-likeness (QED) is 0.0610. The van der Waals surface area contributed by atoms with Gasteiger partial charge in [-0.25, -0.2) is 16.0 Å². The Balaban J connectivity index is 1.84. The maximum atomic E-state index is 13.1. The van der Waals surface area contributed by atoms with Crippen LogP contribution in [0.1, 0.15) is 153 Å². The van der Waals surface area contributed by atoms with Gasteiger partial charge in [0, 0.05) is 31.1 Å². The average molecular weight is 720 g/mol. The molecule has 1 aliphatic rings. The van der Waals surface area contributed by atoms with Crippen molar-refractivity contribution in [1.29, 1.82) is 0 Å². The molecule has 5 unspecified atom stereocenters. The van der Waals surface area contributed by atoms with Crippen LogP contribution in [0.3, 0.4) is 0 Å². The van der Waals surface area contributed by atoms with Gasteiger partial charge in [0.15, 0.2) is 0 Å². The van der Waals surface area contributed by atoms with Crippen molar-refractivity contribution in [2.75, 3.05) is 18.5 Å². The van der Waals surface area contributed by atoms with Crippen molar-refractivity contribution in [3.8, 4) is 0 Å². The Kier molecular flexibility index (Phi) is 20.9. The van der Waals surface area contributed by atoms with Gasteiger partial charge in [0.05, 0.1) is 12.2 Å². The molecule has 10 nitrogen and oxygen atoms in total. The van der Waals surface area contributed by atoms with E-state index in [1.807, 2.05) is 6.92 Å². The molecule has 0 aromatic carbocycles. The summed E-state index contributed by atoms with van der Waals surface area (Å²) in [6, 6.07) is 2.03. The van der Waals surface area contributed by atoms with Crippen LogP contribution in [0.25, 0.3) is 4.85 Å². The maximum absolute atomic E-state index is 13.1. The standard InChI is InChI=1S/C39H70N5O5P/c1-12-34-35(49-50(47-25-23-40-11)44(29(4)5)30(6)7)27-38(48-34)43-24-22-36(42-39(43)46)41-37(45)26-33(10)21-15-20-32(9)19-14-18-31(8)17-13-16-28(2)3/h22,24,28-35,38H,12-21,23,25-27H2,1-10H3,(H,41,42,45,46)/t31?,32?,33?,34-,35?,38-,50?/m1/s1. The number of nitrogens with one attached hydrogen (secondary N) is 1. The molecule has 1 aromatic heterocycles. The zero-order valence-corrected chi connectivity index (χ0v) is 33.9. The highest BCUT2D eigenvalue weighted by Crippen LogP contribution is 2.50. The van der Waals surface area contributed by atoms with Crippen LogP contribution in [0, 0.1) is 30.2 Å². The lowest BCUT2D eigenvalue weighted by Crippen LogP contribution is -2.35. The van der Waals surface area contributed by atoms with E-state index in [0.717, 1.165) is 24.7 Å². The zero-order valence-electron chi connectivity index (χ0n) is 33.0. The highest BCUT2D eigenvalue weighted by Gasteiger charge is 2.40. The van der Waals surface area contributed by atoms with Crippen molar-refractivity contribution in [1.82, 2.24) is 14.2 Å². The Morgan fingerprint density at radius 1 is 1.00 bits per heavy atom. The highest BCUT2D eigenvalue weighted by atomic mass is 31.2. The van der Waals surface area contributed by atoms with Crippen LogP contribution in [0.2, 0.25) is 0 Å². The Morgan fingerprint density at radius 3 is 2.10 bits per heavy atom. The van der Waals surface area contributed by atoms with Crippen LogP contribution in [0.4, 0.5) is 5.82 Å². The average Bonchev–Trinajstić information content (AvgIpc) is 3.42. The molecule has 7 atom stereocenters. The van der Waals surface area contributed by atoms with E-state index in [-0.39, 0.29) is 48.5 Å². The summed E-state index contributed by atoms with van der Waals surface area (Å²) in [7, 11) is -1.43. The fourth-order valence-corrected chi connectivity index (χ4v) is 8.61. The molecule has 0 spiro atoms. The number of amides is 1. The smallest absolute Gasteiger partial charge is 0.351 e. The summed E-state index contributed by atoms with van der Waals surface area (Å²) in [5.74, 6) is 2.75. The van der Waals surface area contributed by atoms with E-state index in [0.29, 0.717) is 31.8 Å². The second-order valence-corrected chi connectivity index (χ2v) is 17.1. The van der Waals surface area contributed by atoms with Crippen LogP contribution in [0.5, 0.6) is 0 Å². The fourth-order valence-electron chi connectivity index (χ4n) is 6.86. The van der Waals surface area contributed by atoms with E-state index in [9.17, 15) is 9.59 Å². The van der Waals surface area contributed by atoms with Gasteiger partial charge < -0.3 is 23.9 Å². The van der Waals surface area contributed by atoms with E-state index >= 15 is 0 Å². The number of carbonyl (C=O) groups excluding carboxylic acids is 1. The fraction of sp³-hybridized carbons (Fsp3) is 0.846. The predicted molar refractivity (Wildman–Crippen MR) is 206 cm³/mol. The Labute approximate surface area is 305 Å². The number of hydrogen-bond acceptors (Lipinski definition) is 7. The minimum Gasteiger partial charge on any atom is -0.352 e. The normalized spacial score (nSPS) is 20.4. The Morgan fingerprint density at radius 2 is 1.58 bits per heavy atom. The minimum atomic E-state index is -1.43. The molecule has 0 saturated carbocycles. The first kappa shape index (κ1) is 44.3. The summed E-state index contributed by atoms with van der Waals surface area (Å²) >= 11 is 0. The predicted octanol–water partition coefficient (Wildman–Crippen LogP) is 10.0. The summed E-state index contributed by atoms with van der Waals surface area (Å²) in [5, 5.41) is 2.83. The minimum absolute atomic E-state index is 0.121. The van der Waals surface area contributed by atoms with E-state index in [4.69, 9.17) is 20.4 Å². The molecular formula is C39H70N5O5P. The lowest BCUT2D eigenvalue weighted by atomic mass is 9.90. The van der Waals surface area contributed by atoms with E-state index in [1.165, 1.54) is 49.5 Å². The van der Waals surface area contributed by atoms with Crippen molar-refractivity contribution in [2.24, 2.45) is 23.7 Å². The second kappa shape index (κ2) is 23.6. The van der Waals surface area contributed by atoms with Gasteiger partial charge >= 0.3 is 5.69 Å². The number of aromatic nitrogens is 2. The summed E-state index contributed by atoms with van der Waals surface area (Å²) in [4.78, 5) is 33.6. The van der Waals surface area contributed by atoms with Crippen molar-refractivity contribution in [3.63, 3.8) is 0 Å². The summed E-state index contributed by atoms with van der Waals surface area (Å²) in [6.07, 6.45) is 13.5. The molecule has 0 bridgehead atoms. The molecular weight excluding hydrogens is 649 g/mol. The first-order chi connectivity index (χ1) is 23.7. The SMILES string of the molecule is [C-]#[N+]CCOP(OC1C[C@H](n2ccc(NC(=O)CC(C)CCCC(C)CCCC(C)CCCC(C)C)nc2=O)O[C@@H]1CC)N(C(C)C)C(C)C. The molecule has 0 aliphatic carbocycles. The van der Waals surface area contributed by atoms with Gasteiger partial charge in [-0.05, 0) is 63.9 Å². The van der Waals surface area contributed by atoms with Crippen LogP contribution in [-0.4, -0.2) is 57.6 Å².